The van der Waals surface area contributed by atoms with Gasteiger partial charge in [0.2, 0.25) is 11.8 Å². The molecule has 2 aliphatic rings. The predicted octanol–water partition coefficient (Wildman–Crippen LogP) is 3.04. The minimum Gasteiger partial charge on any atom is -0.368 e. The van der Waals surface area contributed by atoms with Crippen molar-refractivity contribution in [3.63, 3.8) is 0 Å². The molecule has 2 aromatic rings. The van der Waals surface area contributed by atoms with Crippen molar-refractivity contribution in [3.05, 3.63) is 65.2 Å². The summed E-state index contributed by atoms with van der Waals surface area (Å²) in [6, 6.07) is 17.8. The molecule has 2 aromatic carbocycles. The van der Waals surface area contributed by atoms with E-state index in [1.165, 1.54) is 5.69 Å². The molecular formula is C22H24ClN3O2. The minimum atomic E-state index is -0.252. The van der Waals surface area contributed by atoms with Gasteiger partial charge in [-0.1, -0.05) is 48.0 Å². The topological polar surface area (TPSA) is 43.9 Å². The fraction of sp³-hybridized carbons (Fsp3) is 0.364. The monoisotopic (exact) mass is 397 g/mol. The van der Waals surface area contributed by atoms with Crippen LogP contribution in [0.5, 0.6) is 0 Å². The first-order chi connectivity index (χ1) is 13.6. The van der Waals surface area contributed by atoms with Gasteiger partial charge in [0.25, 0.3) is 0 Å². The summed E-state index contributed by atoms with van der Waals surface area (Å²) in [5.41, 5.74) is 2.11. The molecule has 0 aliphatic carbocycles. The highest BCUT2D eigenvalue weighted by Crippen LogP contribution is 2.25. The van der Waals surface area contributed by atoms with Gasteiger partial charge in [0.15, 0.2) is 0 Å². The molecule has 1 atom stereocenters. The summed E-state index contributed by atoms with van der Waals surface area (Å²) in [6.45, 7) is 3.97. The van der Waals surface area contributed by atoms with Crippen LogP contribution in [0.4, 0.5) is 5.69 Å². The molecule has 146 valence electrons. The number of anilines is 1. The van der Waals surface area contributed by atoms with Gasteiger partial charge in [-0.15, -0.1) is 0 Å². The van der Waals surface area contributed by atoms with Crippen molar-refractivity contribution in [2.45, 2.75) is 13.0 Å². The smallest absolute Gasteiger partial charge is 0.228 e. The molecule has 6 heteroatoms. The predicted molar refractivity (Wildman–Crippen MR) is 110 cm³/mol. The molecule has 4 rings (SSSR count). The summed E-state index contributed by atoms with van der Waals surface area (Å²) in [6.07, 6.45) is 0.294. The zero-order valence-electron chi connectivity index (χ0n) is 15.8. The van der Waals surface area contributed by atoms with Crippen LogP contribution in [-0.2, 0) is 16.1 Å². The fourth-order valence-electron chi connectivity index (χ4n) is 4.00. The van der Waals surface area contributed by atoms with Crippen LogP contribution in [0.2, 0.25) is 5.02 Å². The average Bonchev–Trinajstić information content (AvgIpc) is 3.10. The van der Waals surface area contributed by atoms with Gasteiger partial charge in [-0.2, -0.15) is 0 Å². The number of rotatable bonds is 4. The van der Waals surface area contributed by atoms with E-state index in [0.29, 0.717) is 37.6 Å². The van der Waals surface area contributed by atoms with Crippen LogP contribution in [0.1, 0.15) is 12.0 Å². The second-order valence-corrected chi connectivity index (χ2v) is 7.82. The minimum absolute atomic E-state index is 0.0289. The summed E-state index contributed by atoms with van der Waals surface area (Å²) in [5.74, 6) is -0.123. The number of carbonyl (C=O) groups excluding carboxylic acids is 2. The van der Waals surface area contributed by atoms with Gasteiger partial charge in [0, 0.05) is 56.4 Å². The van der Waals surface area contributed by atoms with Crippen molar-refractivity contribution in [2.75, 3.05) is 37.6 Å². The molecule has 0 spiro atoms. The van der Waals surface area contributed by atoms with E-state index in [2.05, 4.69) is 17.0 Å². The van der Waals surface area contributed by atoms with Crippen molar-refractivity contribution < 1.29 is 9.59 Å². The number of hydrogen-bond donors (Lipinski definition) is 0. The maximum absolute atomic E-state index is 13.0. The van der Waals surface area contributed by atoms with E-state index < -0.39 is 0 Å². The number of nitrogens with zero attached hydrogens (tertiary/aromatic N) is 3. The Bertz CT molecular complexity index is 850. The molecule has 1 unspecified atom stereocenters. The number of likely N-dealkylation sites (tertiary alicyclic amines) is 1. The van der Waals surface area contributed by atoms with Gasteiger partial charge < -0.3 is 14.7 Å². The Labute approximate surface area is 170 Å². The molecule has 0 saturated carbocycles. The molecule has 0 N–H and O–H groups in total. The number of amides is 2. The molecule has 28 heavy (non-hydrogen) atoms. The third-order valence-electron chi connectivity index (χ3n) is 5.60. The molecule has 2 fully saturated rings. The van der Waals surface area contributed by atoms with Gasteiger partial charge >= 0.3 is 0 Å². The summed E-state index contributed by atoms with van der Waals surface area (Å²) in [7, 11) is 0. The number of hydrogen-bond acceptors (Lipinski definition) is 3. The Morgan fingerprint density at radius 1 is 0.964 bits per heavy atom. The van der Waals surface area contributed by atoms with Crippen molar-refractivity contribution in [3.8, 4) is 0 Å². The van der Waals surface area contributed by atoms with Gasteiger partial charge in [-0.25, -0.2) is 0 Å². The molecule has 0 radical (unpaired) electrons. The number of piperazine rings is 1. The molecule has 0 aromatic heterocycles. The lowest BCUT2D eigenvalue weighted by Crippen LogP contribution is -2.50. The van der Waals surface area contributed by atoms with Gasteiger partial charge in [-0.3, -0.25) is 9.59 Å². The maximum atomic E-state index is 13.0. The van der Waals surface area contributed by atoms with Crippen LogP contribution >= 0.6 is 11.6 Å². The van der Waals surface area contributed by atoms with Crippen LogP contribution < -0.4 is 4.90 Å². The lowest BCUT2D eigenvalue weighted by atomic mass is 10.1. The van der Waals surface area contributed by atoms with Crippen molar-refractivity contribution in [1.82, 2.24) is 9.80 Å². The van der Waals surface area contributed by atoms with Crippen molar-refractivity contribution >= 4 is 29.1 Å². The van der Waals surface area contributed by atoms with Crippen molar-refractivity contribution in [2.24, 2.45) is 5.92 Å². The normalized spacial score (nSPS) is 20.0. The molecule has 2 saturated heterocycles. The summed E-state index contributed by atoms with van der Waals surface area (Å²) in [5, 5.41) is 0.655. The molecule has 5 nitrogen and oxygen atoms in total. The number of halogens is 1. The Morgan fingerprint density at radius 2 is 1.64 bits per heavy atom. The lowest BCUT2D eigenvalue weighted by molar-refractivity contribution is -0.136. The van der Waals surface area contributed by atoms with Gasteiger partial charge in [-0.05, 0) is 23.8 Å². The standard InChI is InChI=1S/C22H24ClN3O2/c23-20-9-5-4-6-17(20)15-26-16-18(14-21(26)27)22(28)25-12-10-24(11-13-25)19-7-2-1-3-8-19/h1-9,18H,10-16H2. The highest BCUT2D eigenvalue weighted by Gasteiger charge is 2.37. The van der Waals surface area contributed by atoms with E-state index in [4.69, 9.17) is 11.6 Å². The second kappa shape index (κ2) is 8.23. The van der Waals surface area contributed by atoms with E-state index in [1.807, 2.05) is 47.4 Å². The largest absolute Gasteiger partial charge is 0.368 e. The SMILES string of the molecule is O=C1CC(C(=O)N2CCN(c3ccccc3)CC2)CN1Cc1ccccc1Cl. The Hall–Kier alpha value is -2.53. The van der Waals surface area contributed by atoms with E-state index in [1.54, 1.807) is 4.90 Å². The van der Waals surface area contributed by atoms with E-state index in [9.17, 15) is 9.59 Å². The highest BCUT2D eigenvalue weighted by molar-refractivity contribution is 6.31. The zero-order valence-corrected chi connectivity index (χ0v) is 16.5. The van der Waals surface area contributed by atoms with Gasteiger partial charge in [0.1, 0.15) is 0 Å². The number of carbonyl (C=O) groups is 2. The average molecular weight is 398 g/mol. The Kier molecular flexibility index (Phi) is 5.53. The third-order valence-corrected chi connectivity index (χ3v) is 5.96. The van der Waals surface area contributed by atoms with Crippen LogP contribution in [0.3, 0.4) is 0 Å². The Balaban J connectivity index is 1.33. The van der Waals surface area contributed by atoms with Crippen LogP contribution in [0, 0.1) is 5.92 Å². The highest BCUT2D eigenvalue weighted by atomic mass is 35.5. The lowest BCUT2D eigenvalue weighted by Gasteiger charge is -2.37. The van der Waals surface area contributed by atoms with Crippen molar-refractivity contribution in [1.29, 1.82) is 0 Å². The number of benzene rings is 2. The van der Waals surface area contributed by atoms with E-state index in [0.717, 1.165) is 18.7 Å². The molecule has 2 aliphatic heterocycles. The summed E-state index contributed by atoms with van der Waals surface area (Å²) >= 11 is 6.22. The van der Waals surface area contributed by atoms with Gasteiger partial charge in [0.05, 0.1) is 5.92 Å². The Morgan fingerprint density at radius 3 is 2.36 bits per heavy atom. The van der Waals surface area contributed by atoms with Crippen LogP contribution in [0.25, 0.3) is 0 Å². The quantitative estimate of drug-likeness (QED) is 0.796. The van der Waals surface area contributed by atoms with Crippen LogP contribution in [0.15, 0.2) is 54.6 Å². The third kappa shape index (κ3) is 3.99. The first-order valence-electron chi connectivity index (χ1n) is 9.72. The first kappa shape index (κ1) is 18.8. The number of para-hydroxylation sites is 1. The fourth-order valence-corrected chi connectivity index (χ4v) is 4.20. The molecular weight excluding hydrogens is 374 g/mol. The zero-order chi connectivity index (χ0) is 19.5. The maximum Gasteiger partial charge on any atom is 0.228 e. The van der Waals surface area contributed by atoms with Crippen LogP contribution in [-0.4, -0.2) is 54.3 Å². The molecule has 2 amide bonds. The van der Waals surface area contributed by atoms with E-state index in [-0.39, 0.29) is 17.7 Å². The molecule has 2 heterocycles. The van der Waals surface area contributed by atoms with E-state index >= 15 is 0 Å². The molecule has 0 bridgehead atoms. The first-order valence-corrected chi connectivity index (χ1v) is 10.1. The summed E-state index contributed by atoms with van der Waals surface area (Å²) in [4.78, 5) is 31.4. The second-order valence-electron chi connectivity index (χ2n) is 7.41. The summed E-state index contributed by atoms with van der Waals surface area (Å²) < 4.78 is 0.